The second-order valence-electron chi connectivity index (χ2n) is 12.1. The third kappa shape index (κ3) is 3.45. The minimum absolute atomic E-state index is 0.109. The molecule has 4 atom stereocenters. The van der Waals surface area contributed by atoms with E-state index in [1.807, 2.05) is 146 Å². The van der Waals surface area contributed by atoms with Gasteiger partial charge in [0.15, 0.2) is 5.78 Å². The first-order valence-corrected chi connectivity index (χ1v) is 15.5. The third-order valence-electron chi connectivity index (χ3n) is 10.2. The molecule has 4 nitrogen and oxygen atoms in total. The predicted molar refractivity (Wildman–Crippen MR) is 176 cm³/mol. The van der Waals surface area contributed by atoms with Gasteiger partial charge in [-0.1, -0.05) is 140 Å². The average molecular weight is 586 g/mol. The smallest absolute Gasteiger partial charge is 0.239 e. The Morgan fingerprint density at radius 1 is 0.511 bits per heavy atom. The summed E-state index contributed by atoms with van der Waals surface area (Å²) in [6.07, 6.45) is 0.848. The zero-order valence-corrected chi connectivity index (χ0v) is 24.9. The Hall–Kier alpha value is -5.35. The molecule has 45 heavy (non-hydrogen) atoms. The summed E-state index contributed by atoms with van der Waals surface area (Å²) in [5.74, 6) is -2.61. The molecule has 0 aromatic heterocycles. The number of amides is 2. The van der Waals surface area contributed by atoms with Crippen LogP contribution in [0.5, 0.6) is 0 Å². The quantitative estimate of drug-likeness (QED) is 0.195. The number of hydrogen-bond donors (Lipinski definition) is 0. The molecule has 1 saturated carbocycles. The van der Waals surface area contributed by atoms with E-state index in [4.69, 9.17) is 0 Å². The van der Waals surface area contributed by atoms with Crippen LogP contribution in [0.3, 0.4) is 0 Å². The van der Waals surface area contributed by atoms with Crippen LogP contribution >= 0.6 is 0 Å². The standard InChI is InChI=1S/C41H31NO3/c1-2-27-23-25-32(26-24-27)42-37(43)35-36(38(42)44)41(31-21-13-6-14-22-31)34(29-17-9-4-10-18-29)33(28-15-7-3-8-16-28)40(35,39(41)45)30-19-11-5-12-20-30/h3-26,35-36H,2H2,1H3. The van der Waals surface area contributed by atoms with Crippen molar-refractivity contribution >= 4 is 34.4 Å². The van der Waals surface area contributed by atoms with Gasteiger partial charge < -0.3 is 0 Å². The highest BCUT2D eigenvalue weighted by molar-refractivity contribution is 6.39. The largest absolute Gasteiger partial charge is 0.297 e. The van der Waals surface area contributed by atoms with Crippen LogP contribution in [0.1, 0.15) is 34.7 Å². The van der Waals surface area contributed by atoms with Gasteiger partial charge in [0.1, 0.15) is 0 Å². The molecule has 4 heteroatoms. The molecular weight excluding hydrogens is 554 g/mol. The Morgan fingerprint density at radius 2 is 0.889 bits per heavy atom. The van der Waals surface area contributed by atoms with Crippen LogP contribution in [0.2, 0.25) is 0 Å². The number of Topliss-reactive ketones (excluding diaryl/α,β-unsaturated/α-hetero) is 1. The Balaban J connectivity index is 1.53. The Labute approximate surface area is 262 Å². The summed E-state index contributed by atoms with van der Waals surface area (Å²) in [5, 5.41) is 0. The topological polar surface area (TPSA) is 54.5 Å². The summed E-state index contributed by atoms with van der Waals surface area (Å²) in [6, 6.07) is 46.8. The molecule has 5 aromatic rings. The Morgan fingerprint density at radius 3 is 1.27 bits per heavy atom. The molecule has 5 aromatic carbocycles. The monoisotopic (exact) mass is 585 g/mol. The lowest BCUT2D eigenvalue weighted by atomic mass is 9.59. The maximum Gasteiger partial charge on any atom is 0.239 e. The number of carbonyl (C=O) groups is 3. The van der Waals surface area contributed by atoms with Crippen LogP contribution < -0.4 is 4.90 Å². The molecule has 8 rings (SSSR count). The molecule has 2 aliphatic carbocycles. The molecular formula is C41H31NO3. The molecule has 0 N–H and O–H groups in total. The number of aryl methyl sites for hydroxylation is 1. The highest BCUT2D eigenvalue weighted by Gasteiger charge is 2.82. The number of benzene rings is 5. The summed E-state index contributed by atoms with van der Waals surface area (Å²) in [5.41, 5.74) is 3.70. The van der Waals surface area contributed by atoms with E-state index in [2.05, 4.69) is 6.92 Å². The Bertz CT molecular complexity index is 1860. The van der Waals surface area contributed by atoms with Gasteiger partial charge in [-0.15, -0.1) is 0 Å². The molecule has 0 spiro atoms. The lowest BCUT2D eigenvalue weighted by molar-refractivity contribution is -0.130. The van der Waals surface area contributed by atoms with Gasteiger partial charge in [-0.05, 0) is 57.5 Å². The lowest BCUT2D eigenvalue weighted by Crippen LogP contribution is -2.45. The average Bonchev–Trinajstić information content (AvgIpc) is 3.62. The van der Waals surface area contributed by atoms with Crippen LogP contribution in [-0.4, -0.2) is 17.6 Å². The van der Waals surface area contributed by atoms with E-state index in [9.17, 15) is 9.59 Å². The summed E-state index contributed by atoms with van der Waals surface area (Å²) in [4.78, 5) is 47.2. The number of imide groups is 1. The van der Waals surface area contributed by atoms with Gasteiger partial charge in [-0.2, -0.15) is 0 Å². The van der Waals surface area contributed by atoms with Crippen molar-refractivity contribution < 1.29 is 14.4 Å². The van der Waals surface area contributed by atoms with Crippen molar-refractivity contribution in [3.05, 3.63) is 173 Å². The summed E-state index contributed by atoms with van der Waals surface area (Å²) < 4.78 is 0. The van der Waals surface area contributed by atoms with Crippen molar-refractivity contribution in [2.45, 2.75) is 24.2 Å². The van der Waals surface area contributed by atoms with E-state index in [1.165, 1.54) is 4.90 Å². The first-order chi connectivity index (χ1) is 22.1. The number of anilines is 1. The van der Waals surface area contributed by atoms with Crippen molar-refractivity contribution in [1.82, 2.24) is 0 Å². The highest BCUT2D eigenvalue weighted by Crippen LogP contribution is 2.74. The number of allylic oxidation sites excluding steroid dienone is 2. The van der Waals surface area contributed by atoms with Gasteiger partial charge in [0.2, 0.25) is 11.8 Å². The zero-order valence-electron chi connectivity index (χ0n) is 24.9. The second kappa shape index (κ2) is 10.1. The summed E-state index contributed by atoms with van der Waals surface area (Å²) in [7, 11) is 0. The van der Waals surface area contributed by atoms with Crippen LogP contribution in [0, 0.1) is 11.8 Å². The number of ketones is 1. The molecule has 2 bridgehead atoms. The normalized spacial score (nSPS) is 25.3. The molecule has 2 amide bonds. The predicted octanol–water partition coefficient (Wildman–Crippen LogP) is 7.44. The van der Waals surface area contributed by atoms with Gasteiger partial charge in [0.05, 0.1) is 28.4 Å². The van der Waals surface area contributed by atoms with Gasteiger partial charge >= 0.3 is 0 Å². The fourth-order valence-corrected chi connectivity index (χ4v) is 8.47. The highest BCUT2D eigenvalue weighted by atomic mass is 16.2. The first kappa shape index (κ1) is 27.2. The molecule has 0 radical (unpaired) electrons. The molecule has 1 heterocycles. The van der Waals surface area contributed by atoms with Gasteiger partial charge in [0, 0.05) is 0 Å². The maximum absolute atomic E-state index is 15.8. The fraction of sp³-hybridized carbons (Fsp3) is 0.146. The van der Waals surface area contributed by atoms with Crippen LogP contribution in [0.25, 0.3) is 11.1 Å². The summed E-state index contributed by atoms with van der Waals surface area (Å²) >= 11 is 0. The lowest BCUT2D eigenvalue weighted by Gasteiger charge is -2.39. The number of nitrogens with zero attached hydrogens (tertiary/aromatic N) is 1. The molecule has 1 aliphatic heterocycles. The number of rotatable bonds is 6. The van der Waals surface area contributed by atoms with Crippen LogP contribution in [0.15, 0.2) is 146 Å². The van der Waals surface area contributed by atoms with Crippen LogP contribution in [-0.2, 0) is 31.6 Å². The Kier molecular flexibility index (Phi) is 6.11. The van der Waals surface area contributed by atoms with Gasteiger partial charge in [-0.25, -0.2) is 4.90 Å². The molecule has 2 fully saturated rings. The molecule has 218 valence electrons. The van der Waals surface area contributed by atoms with E-state index in [0.717, 1.165) is 45.4 Å². The molecule has 4 unspecified atom stereocenters. The van der Waals surface area contributed by atoms with Crippen LogP contribution in [0.4, 0.5) is 5.69 Å². The molecule has 1 saturated heterocycles. The van der Waals surface area contributed by atoms with Crippen molar-refractivity contribution in [2.24, 2.45) is 11.8 Å². The summed E-state index contributed by atoms with van der Waals surface area (Å²) in [6.45, 7) is 2.07. The van der Waals surface area contributed by atoms with E-state index in [0.29, 0.717) is 5.69 Å². The number of hydrogen-bond acceptors (Lipinski definition) is 3. The van der Waals surface area contributed by atoms with Crippen molar-refractivity contribution in [1.29, 1.82) is 0 Å². The minimum atomic E-state index is -1.39. The van der Waals surface area contributed by atoms with E-state index in [-0.39, 0.29) is 17.6 Å². The maximum atomic E-state index is 15.8. The van der Waals surface area contributed by atoms with Crippen molar-refractivity contribution in [2.75, 3.05) is 4.90 Å². The molecule has 3 aliphatic rings. The van der Waals surface area contributed by atoms with E-state index >= 15 is 4.79 Å². The third-order valence-corrected chi connectivity index (χ3v) is 10.2. The fourth-order valence-electron chi connectivity index (χ4n) is 8.47. The van der Waals surface area contributed by atoms with Gasteiger partial charge in [0.25, 0.3) is 0 Å². The zero-order chi connectivity index (χ0) is 30.8. The van der Waals surface area contributed by atoms with Gasteiger partial charge in [-0.3, -0.25) is 14.4 Å². The van der Waals surface area contributed by atoms with Crippen molar-refractivity contribution in [3.8, 4) is 0 Å². The van der Waals surface area contributed by atoms with Crippen molar-refractivity contribution in [3.63, 3.8) is 0 Å². The second-order valence-corrected chi connectivity index (χ2v) is 12.1. The van der Waals surface area contributed by atoms with E-state index < -0.39 is 22.7 Å². The first-order valence-electron chi connectivity index (χ1n) is 15.5. The number of carbonyl (C=O) groups excluding carboxylic acids is 3. The van der Waals surface area contributed by atoms with E-state index in [1.54, 1.807) is 0 Å². The SMILES string of the molecule is CCc1ccc(N2C(=O)C3C(C2=O)C2(c4ccccc4)C(=O)C3(c3ccccc3)C(c3ccccc3)=C2c2ccccc2)cc1. The number of fused-ring (bicyclic) bond motifs is 5. The minimum Gasteiger partial charge on any atom is -0.297 e.